The predicted octanol–water partition coefficient (Wildman–Crippen LogP) is 3.00. The largest absolute Gasteiger partial charge is 0.0926 e. The van der Waals surface area contributed by atoms with Gasteiger partial charge in [-0.1, -0.05) is 24.8 Å². The van der Waals surface area contributed by atoms with Crippen molar-refractivity contribution in [2.75, 3.05) is 0 Å². The van der Waals surface area contributed by atoms with Crippen LogP contribution in [0.2, 0.25) is 0 Å². The SMILES string of the molecule is CCC=CC#CC(C)(C)C. The molecule has 0 unspecified atom stereocenters. The van der Waals surface area contributed by atoms with Gasteiger partial charge in [-0.2, -0.15) is 0 Å². The van der Waals surface area contributed by atoms with Gasteiger partial charge in [0.05, 0.1) is 0 Å². The predicted molar refractivity (Wildman–Crippen MR) is 46.7 cm³/mol. The summed E-state index contributed by atoms with van der Waals surface area (Å²) in [5, 5.41) is 0. The second kappa shape index (κ2) is 4.17. The molecule has 10 heavy (non-hydrogen) atoms. The highest BCUT2D eigenvalue weighted by molar-refractivity contribution is 5.18. The highest BCUT2D eigenvalue weighted by Crippen LogP contribution is 2.09. The average molecular weight is 136 g/mol. The molecule has 0 heterocycles. The third-order valence-corrected chi connectivity index (χ3v) is 0.884. The first-order valence-corrected chi connectivity index (χ1v) is 3.74. The molecule has 0 atom stereocenters. The molecule has 0 heteroatoms. The molecule has 0 aliphatic rings. The van der Waals surface area contributed by atoms with Crippen LogP contribution in [-0.4, -0.2) is 0 Å². The Bertz CT molecular complexity index is 157. The number of hydrogen-bond donors (Lipinski definition) is 0. The van der Waals surface area contributed by atoms with Gasteiger partial charge in [0.1, 0.15) is 0 Å². The molecule has 0 aromatic carbocycles. The van der Waals surface area contributed by atoms with Crippen molar-refractivity contribution in [3.63, 3.8) is 0 Å². The molecule has 0 saturated heterocycles. The second-order valence-corrected chi connectivity index (χ2v) is 3.33. The zero-order valence-corrected chi connectivity index (χ0v) is 7.36. The Kier molecular flexibility index (Phi) is 3.88. The minimum absolute atomic E-state index is 0.137. The highest BCUT2D eigenvalue weighted by atomic mass is 14.0. The summed E-state index contributed by atoms with van der Waals surface area (Å²) in [5.74, 6) is 6.12. The van der Waals surface area contributed by atoms with Gasteiger partial charge in [0.15, 0.2) is 0 Å². The van der Waals surface area contributed by atoms with E-state index in [0.717, 1.165) is 6.42 Å². The molecular formula is C10H16. The van der Waals surface area contributed by atoms with Crippen LogP contribution in [0.5, 0.6) is 0 Å². The normalized spacial score (nSPS) is 11.2. The van der Waals surface area contributed by atoms with Gasteiger partial charge in [0, 0.05) is 5.41 Å². The average Bonchev–Trinajstić information content (AvgIpc) is 1.78. The van der Waals surface area contributed by atoms with E-state index in [2.05, 4.69) is 45.6 Å². The molecule has 0 bridgehead atoms. The van der Waals surface area contributed by atoms with Crippen molar-refractivity contribution in [2.45, 2.75) is 34.1 Å². The van der Waals surface area contributed by atoms with Crippen LogP contribution in [0.3, 0.4) is 0 Å². The Morgan fingerprint density at radius 1 is 1.30 bits per heavy atom. The lowest BCUT2D eigenvalue weighted by Crippen LogP contribution is -1.98. The van der Waals surface area contributed by atoms with Gasteiger partial charge in [0.2, 0.25) is 0 Å². The first kappa shape index (κ1) is 9.30. The molecule has 0 rings (SSSR count). The Balaban J connectivity index is 3.81. The standard InChI is InChI=1S/C10H16/c1-5-6-7-8-9-10(2,3)4/h6-7H,5H2,1-4H3. The lowest BCUT2D eigenvalue weighted by molar-refractivity contribution is 0.571. The molecule has 0 N–H and O–H groups in total. The fourth-order valence-corrected chi connectivity index (χ4v) is 0.435. The van der Waals surface area contributed by atoms with E-state index in [1.165, 1.54) is 0 Å². The van der Waals surface area contributed by atoms with Gasteiger partial charge in [-0.25, -0.2) is 0 Å². The number of allylic oxidation sites excluding steroid dienone is 2. The maximum Gasteiger partial charge on any atom is 0.0233 e. The van der Waals surface area contributed by atoms with Gasteiger partial charge in [-0.05, 0) is 33.3 Å². The summed E-state index contributed by atoms with van der Waals surface area (Å²) in [7, 11) is 0. The van der Waals surface area contributed by atoms with Crippen molar-refractivity contribution in [2.24, 2.45) is 5.41 Å². The van der Waals surface area contributed by atoms with Crippen LogP contribution in [-0.2, 0) is 0 Å². The maximum atomic E-state index is 3.12. The minimum atomic E-state index is 0.137. The zero-order valence-electron chi connectivity index (χ0n) is 7.36. The van der Waals surface area contributed by atoms with Gasteiger partial charge >= 0.3 is 0 Å². The van der Waals surface area contributed by atoms with Crippen LogP contribution in [0.1, 0.15) is 34.1 Å². The molecule has 0 saturated carbocycles. The van der Waals surface area contributed by atoms with E-state index in [1.54, 1.807) is 0 Å². The maximum absolute atomic E-state index is 3.12. The molecule has 0 spiro atoms. The Labute approximate surface area is 64.3 Å². The monoisotopic (exact) mass is 136 g/mol. The third kappa shape index (κ3) is 7.30. The summed E-state index contributed by atoms with van der Waals surface area (Å²) >= 11 is 0. The second-order valence-electron chi connectivity index (χ2n) is 3.33. The van der Waals surface area contributed by atoms with Gasteiger partial charge in [-0.15, -0.1) is 0 Å². The third-order valence-electron chi connectivity index (χ3n) is 0.884. The molecule has 0 aliphatic heterocycles. The van der Waals surface area contributed by atoms with Crippen molar-refractivity contribution >= 4 is 0 Å². The van der Waals surface area contributed by atoms with Crippen LogP contribution in [0.4, 0.5) is 0 Å². The molecule has 0 fully saturated rings. The van der Waals surface area contributed by atoms with Gasteiger partial charge in [0.25, 0.3) is 0 Å². The molecule has 0 aromatic heterocycles. The molecule has 0 radical (unpaired) electrons. The topological polar surface area (TPSA) is 0 Å². The molecule has 0 nitrogen and oxygen atoms in total. The molecule has 0 aromatic rings. The van der Waals surface area contributed by atoms with Gasteiger partial charge in [-0.3, -0.25) is 0 Å². The molecule has 56 valence electrons. The molecular weight excluding hydrogens is 120 g/mol. The van der Waals surface area contributed by atoms with E-state index in [1.807, 2.05) is 6.08 Å². The lowest BCUT2D eigenvalue weighted by atomic mass is 9.98. The molecule has 0 amide bonds. The van der Waals surface area contributed by atoms with E-state index in [9.17, 15) is 0 Å². The first-order chi connectivity index (χ1) is 4.56. The Hall–Kier alpha value is -0.700. The van der Waals surface area contributed by atoms with E-state index in [4.69, 9.17) is 0 Å². The highest BCUT2D eigenvalue weighted by Gasteiger charge is 2.01. The van der Waals surface area contributed by atoms with Crippen LogP contribution in [0.15, 0.2) is 12.2 Å². The minimum Gasteiger partial charge on any atom is -0.0926 e. The molecule has 0 aliphatic carbocycles. The number of rotatable bonds is 1. The van der Waals surface area contributed by atoms with Crippen molar-refractivity contribution in [3.8, 4) is 11.8 Å². The Morgan fingerprint density at radius 3 is 2.30 bits per heavy atom. The van der Waals surface area contributed by atoms with Crippen molar-refractivity contribution < 1.29 is 0 Å². The van der Waals surface area contributed by atoms with Gasteiger partial charge < -0.3 is 0 Å². The summed E-state index contributed by atoms with van der Waals surface area (Å²) in [4.78, 5) is 0. The van der Waals surface area contributed by atoms with Crippen LogP contribution in [0, 0.1) is 17.3 Å². The Morgan fingerprint density at radius 2 is 1.90 bits per heavy atom. The van der Waals surface area contributed by atoms with E-state index < -0.39 is 0 Å². The number of hydrogen-bond acceptors (Lipinski definition) is 0. The quantitative estimate of drug-likeness (QED) is 0.486. The summed E-state index contributed by atoms with van der Waals surface area (Å²) in [6.07, 6.45) is 5.06. The summed E-state index contributed by atoms with van der Waals surface area (Å²) < 4.78 is 0. The van der Waals surface area contributed by atoms with E-state index in [0.29, 0.717) is 0 Å². The van der Waals surface area contributed by atoms with Crippen molar-refractivity contribution in [3.05, 3.63) is 12.2 Å². The summed E-state index contributed by atoms with van der Waals surface area (Å²) in [6.45, 7) is 8.44. The smallest absolute Gasteiger partial charge is 0.0233 e. The van der Waals surface area contributed by atoms with E-state index >= 15 is 0 Å². The van der Waals surface area contributed by atoms with Crippen molar-refractivity contribution in [1.29, 1.82) is 0 Å². The fraction of sp³-hybridized carbons (Fsp3) is 0.600. The summed E-state index contributed by atoms with van der Waals surface area (Å²) in [6, 6.07) is 0. The fourth-order valence-electron chi connectivity index (χ4n) is 0.435. The van der Waals surface area contributed by atoms with Crippen molar-refractivity contribution in [1.82, 2.24) is 0 Å². The first-order valence-electron chi connectivity index (χ1n) is 3.74. The van der Waals surface area contributed by atoms with E-state index in [-0.39, 0.29) is 5.41 Å². The van der Waals surface area contributed by atoms with Crippen LogP contribution >= 0.6 is 0 Å². The lowest BCUT2D eigenvalue weighted by Gasteiger charge is -2.05. The zero-order chi connectivity index (χ0) is 8.04. The summed E-state index contributed by atoms with van der Waals surface area (Å²) in [5.41, 5.74) is 0.137. The van der Waals surface area contributed by atoms with Crippen LogP contribution < -0.4 is 0 Å². The van der Waals surface area contributed by atoms with Crippen LogP contribution in [0.25, 0.3) is 0 Å².